The largest absolute Gasteiger partial charge is 0.417 e. The molecule has 2 amide bonds. The van der Waals surface area contributed by atoms with E-state index in [0.29, 0.717) is 15.9 Å². The normalized spacial score (nSPS) is 14.3. The van der Waals surface area contributed by atoms with Crippen LogP contribution in [0.4, 0.5) is 18.9 Å². The second kappa shape index (κ2) is 15.5. The average molecular weight is 712 g/mol. The van der Waals surface area contributed by atoms with Crippen molar-refractivity contribution in [3.05, 3.63) is 130 Å². The van der Waals surface area contributed by atoms with Gasteiger partial charge in [-0.05, 0) is 61.2 Å². The number of hydrogen-bond acceptors (Lipinski definition) is 4. The SMILES string of the molecule is Cc1ccc(CN(C(=O)CN(c2ccc(Cl)c(C(F)(F)F)c2)S(=O)(=O)c2ccccc2)[C@H](Cc2ccccc2)C(=O)NC2CCCC2)cc1. The third kappa shape index (κ3) is 9.01. The van der Waals surface area contributed by atoms with Gasteiger partial charge in [0.25, 0.3) is 10.0 Å². The summed E-state index contributed by atoms with van der Waals surface area (Å²) in [4.78, 5) is 29.8. The predicted molar refractivity (Wildman–Crippen MR) is 183 cm³/mol. The van der Waals surface area contributed by atoms with Crippen molar-refractivity contribution in [3.63, 3.8) is 0 Å². The van der Waals surface area contributed by atoms with Crippen molar-refractivity contribution in [1.29, 1.82) is 0 Å². The first-order valence-electron chi connectivity index (χ1n) is 16.0. The van der Waals surface area contributed by atoms with E-state index in [-0.39, 0.29) is 29.8 Å². The maximum atomic E-state index is 14.6. The minimum Gasteiger partial charge on any atom is -0.352 e. The molecule has 0 bridgehead atoms. The Kier molecular flexibility index (Phi) is 11.3. The molecule has 1 atom stereocenters. The topological polar surface area (TPSA) is 86.8 Å². The van der Waals surface area contributed by atoms with Gasteiger partial charge in [0.1, 0.15) is 12.6 Å². The van der Waals surface area contributed by atoms with Crippen LogP contribution in [0.5, 0.6) is 0 Å². The highest BCUT2D eigenvalue weighted by Gasteiger charge is 2.38. The molecule has 4 aromatic rings. The molecule has 0 aromatic heterocycles. The second-order valence-corrected chi connectivity index (χ2v) is 14.5. The molecule has 1 aliphatic carbocycles. The molecule has 1 N–H and O–H groups in total. The monoisotopic (exact) mass is 711 g/mol. The maximum absolute atomic E-state index is 14.6. The summed E-state index contributed by atoms with van der Waals surface area (Å²) in [6.07, 6.45) is -1.23. The molecule has 258 valence electrons. The molecule has 1 saturated carbocycles. The molecule has 4 aromatic carbocycles. The zero-order valence-electron chi connectivity index (χ0n) is 26.9. The summed E-state index contributed by atoms with van der Waals surface area (Å²) in [6.45, 7) is 0.972. The third-order valence-corrected chi connectivity index (χ3v) is 10.7. The number of hydrogen-bond donors (Lipinski definition) is 1. The summed E-state index contributed by atoms with van der Waals surface area (Å²) in [5.74, 6) is -1.16. The Labute approximate surface area is 289 Å². The fourth-order valence-electron chi connectivity index (χ4n) is 5.95. The number of rotatable bonds is 12. The van der Waals surface area contributed by atoms with Crippen LogP contribution in [0.25, 0.3) is 0 Å². The molecule has 0 radical (unpaired) electrons. The van der Waals surface area contributed by atoms with Crippen LogP contribution >= 0.6 is 11.6 Å². The van der Waals surface area contributed by atoms with Crippen LogP contribution in [-0.4, -0.2) is 43.8 Å². The van der Waals surface area contributed by atoms with Crippen molar-refractivity contribution >= 4 is 39.1 Å². The lowest BCUT2D eigenvalue weighted by Gasteiger charge is -2.34. The van der Waals surface area contributed by atoms with E-state index in [1.807, 2.05) is 61.5 Å². The summed E-state index contributed by atoms with van der Waals surface area (Å²) >= 11 is 5.89. The number of alkyl halides is 3. The number of amides is 2. The molecule has 5 rings (SSSR count). The zero-order valence-corrected chi connectivity index (χ0v) is 28.4. The van der Waals surface area contributed by atoms with E-state index in [9.17, 15) is 31.2 Å². The van der Waals surface area contributed by atoms with Crippen LogP contribution in [0.3, 0.4) is 0 Å². The lowest BCUT2D eigenvalue weighted by molar-refractivity contribution is -0.140. The molecule has 7 nitrogen and oxygen atoms in total. The van der Waals surface area contributed by atoms with Gasteiger partial charge in [-0.3, -0.25) is 13.9 Å². The fraction of sp³-hybridized carbons (Fsp3) is 0.297. The van der Waals surface area contributed by atoms with E-state index in [1.54, 1.807) is 6.07 Å². The first-order chi connectivity index (χ1) is 23.3. The Morgan fingerprint density at radius 1 is 0.878 bits per heavy atom. The summed E-state index contributed by atoms with van der Waals surface area (Å²) < 4.78 is 70.8. The van der Waals surface area contributed by atoms with E-state index in [2.05, 4.69) is 5.32 Å². The van der Waals surface area contributed by atoms with Crippen molar-refractivity contribution in [2.75, 3.05) is 10.8 Å². The van der Waals surface area contributed by atoms with Gasteiger partial charge in [0.05, 0.1) is 21.2 Å². The lowest BCUT2D eigenvalue weighted by Crippen LogP contribution is -2.54. The van der Waals surface area contributed by atoms with Crippen molar-refractivity contribution in [1.82, 2.24) is 10.2 Å². The van der Waals surface area contributed by atoms with Crippen LogP contribution in [-0.2, 0) is 38.8 Å². The summed E-state index contributed by atoms with van der Waals surface area (Å²) in [5, 5.41) is 2.48. The Hall–Kier alpha value is -4.35. The predicted octanol–water partition coefficient (Wildman–Crippen LogP) is 7.56. The van der Waals surface area contributed by atoms with Crippen molar-refractivity contribution in [2.24, 2.45) is 0 Å². The second-order valence-electron chi connectivity index (χ2n) is 12.2. The van der Waals surface area contributed by atoms with E-state index in [1.165, 1.54) is 29.2 Å². The summed E-state index contributed by atoms with van der Waals surface area (Å²) in [6, 6.07) is 25.2. The number of benzene rings is 4. The van der Waals surface area contributed by atoms with Gasteiger partial charge >= 0.3 is 6.18 Å². The van der Waals surface area contributed by atoms with E-state index < -0.39 is 51.0 Å². The quantitative estimate of drug-likeness (QED) is 0.164. The van der Waals surface area contributed by atoms with Crippen molar-refractivity contribution < 1.29 is 31.2 Å². The molecule has 49 heavy (non-hydrogen) atoms. The zero-order chi connectivity index (χ0) is 35.2. The minimum atomic E-state index is -4.89. The first kappa shape index (κ1) is 35.9. The molecule has 1 aliphatic rings. The number of carbonyl (C=O) groups excluding carboxylic acids is 2. The Morgan fingerprint density at radius 2 is 1.49 bits per heavy atom. The Morgan fingerprint density at radius 3 is 2.10 bits per heavy atom. The molecule has 0 spiro atoms. The number of nitrogens with one attached hydrogen (secondary N) is 1. The molecule has 0 aliphatic heterocycles. The third-order valence-electron chi connectivity index (χ3n) is 8.60. The number of anilines is 1. The smallest absolute Gasteiger partial charge is 0.352 e. The van der Waals surface area contributed by atoms with Gasteiger partial charge in [0, 0.05) is 19.0 Å². The van der Waals surface area contributed by atoms with E-state index in [0.717, 1.165) is 48.9 Å². The van der Waals surface area contributed by atoms with Gasteiger partial charge in [0.15, 0.2) is 0 Å². The van der Waals surface area contributed by atoms with Crippen LogP contribution in [0.2, 0.25) is 5.02 Å². The van der Waals surface area contributed by atoms with Gasteiger partial charge in [-0.25, -0.2) is 8.42 Å². The Balaban J connectivity index is 1.60. The first-order valence-corrected chi connectivity index (χ1v) is 17.8. The number of nitrogens with zero attached hydrogens (tertiary/aromatic N) is 2. The molecule has 12 heteroatoms. The van der Waals surface area contributed by atoms with Crippen LogP contribution in [0.1, 0.15) is 47.9 Å². The van der Waals surface area contributed by atoms with E-state index >= 15 is 0 Å². The van der Waals surface area contributed by atoms with Crippen LogP contribution in [0.15, 0.2) is 108 Å². The van der Waals surface area contributed by atoms with E-state index in [4.69, 9.17) is 11.6 Å². The Bertz CT molecular complexity index is 1850. The van der Waals surface area contributed by atoms with Gasteiger partial charge in [-0.2, -0.15) is 13.2 Å². The van der Waals surface area contributed by atoms with Gasteiger partial charge < -0.3 is 10.2 Å². The van der Waals surface area contributed by atoms with Gasteiger partial charge in [-0.1, -0.05) is 103 Å². The molecule has 0 heterocycles. The molecular weight excluding hydrogens is 675 g/mol. The molecular formula is C37H37ClF3N3O4S. The molecule has 1 fully saturated rings. The number of carbonyl (C=O) groups is 2. The minimum absolute atomic E-state index is 0.0532. The standard InChI is InChI=1S/C37H37ClF3N3O4S/c1-26-16-18-28(19-17-26)24-43(34(22-27-10-4-2-5-11-27)36(46)42-29-12-8-9-13-29)35(45)25-44(49(47,48)31-14-6-3-7-15-31)30-20-21-33(38)32(23-30)37(39,40)41/h2-7,10-11,14-21,23,29,34H,8-9,12-13,22,24-25H2,1H3,(H,42,46)/t34-/m1/s1. The maximum Gasteiger partial charge on any atom is 0.417 e. The lowest BCUT2D eigenvalue weighted by atomic mass is 10.0. The molecule has 0 saturated heterocycles. The summed E-state index contributed by atoms with van der Waals surface area (Å²) in [5.41, 5.74) is 0.789. The average Bonchev–Trinajstić information content (AvgIpc) is 3.59. The summed E-state index contributed by atoms with van der Waals surface area (Å²) in [7, 11) is -4.58. The van der Waals surface area contributed by atoms with Crippen molar-refractivity contribution in [3.8, 4) is 0 Å². The van der Waals surface area contributed by atoms with Gasteiger partial charge in [-0.15, -0.1) is 0 Å². The number of sulfonamides is 1. The van der Waals surface area contributed by atoms with Crippen LogP contribution in [0, 0.1) is 6.92 Å². The fourth-order valence-corrected chi connectivity index (χ4v) is 7.60. The molecule has 0 unspecified atom stereocenters. The van der Waals surface area contributed by atoms with Crippen molar-refractivity contribution in [2.45, 2.75) is 68.7 Å². The number of halogens is 4. The van der Waals surface area contributed by atoms with Gasteiger partial charge in [0.2, 0.25) is 11.8 Å². The highest BCUT2D eigenvalue weighted by molar-refractivity contribution is 7.92. The van der Waals surface area contributed by atoms with Crippen LogP contribution < -0.4 is 9.62 Å². The highest BCUT2D eigenvalue weighted by Crippen LogP contribution is 2.38. The number of aryl methyl sites for hydroxylation is 1. The highest BCUT2D eigenvalue weighted by atomic mass is 35.5.